The molecule has 0 saturated carbocycles. The van der Waals surface area contributed by atoms with Crippen LogP contribution >= 0.6 is 0 Å². The third kappa shape index (κ3) is 2.16. The quantitative estimate of drug-likeness (QED) is 0.795. The molecule has 0 amide bonds. The van der Waals surface area contributed by atoms with Crippen LogP contribution in [0, 0.1) is 5.41 Å². The van der Waals surface area contributed by atoms with Gasteiger partial charge in [-0.1, -0.05) is 6.07 Å². The lowest BCUT2D eigenvalue weighted by molar-refractivity contribution is -0.105. The van der Waals surface area contributed by atoms with Crippen LogP contribution in [-0.4, -0.2) is 33.1 Å². The van der Waals surface area contributed by atoms with E-state index in [-0.39, 0.29) is 5.41 Å². The van der Waals surface area contributed by atoms with Crippen molar-refractivity contribution < 1.29 is 14.2 Å². The average molecular weight is 250 g/mol. The van der Waals surface area contributed by atoms with Gasteiger partial charge in [0, 0.05) is 25.0 Å². The van der Waals surface area contributed by atoms with Gasteiger partial charge in [-0.25, -0.2) is 0 Å². The average Bonchev–Trinajstić information content (AvgIpc) is 2.80. The molecule has 1 aromatic rings. The molecule has 0 radical (unpaired) electrons. The standard InChI is InChI=1S/C13H18N2O3/c14-5-13(7-16-8-13)6-15-4-10-1-2-11-12(3-10)18-9-17-11/h1-3,15H,4-9,14H2. The highest BCUT2D eigenvalue weighted by atomic mass is 16.7. The summed E-state index contributed by atoms with van der Waals surface area (Å²) < 4.78 is 15.9. The van der Waals surface area contributed by atoms with E-state index in [1.54, 1.807) is 0 Å². The minimum Gasteiger partial charge on any atom is -0.454 e. The Labute approximate surface area is 106 Å². The van der Waals surface area contributed by atoms with Crippen molar-refractivity contribution in [1.29, 1.82) is 0 Å². The summed E-state index contributed by atoms with van der Waals surface area (Å²) in [4.78, 5) is 0. The molecule has 2 aliphatic heterocycles. The molecule has 0 aromatic heterocycles. The van der Waals surface area contributed by atoms with Crippen molar-refractivity contribution in [3.05, 3.63) is 23.8 Å². The van der Waals surface area contributed by atoms with Crippen LogP contribution in [-0.2, 0) is 11.3 Å². The normalized spacial score (nSPS) is 19.6. The zero-order valence-corrected chi connectivity index (χ0v) is 10.3. The monoisotopic (exact) mass is 250 g/mol. The van der Waals surface area contributed by atoms with Crippen LogP contribution in [0.4, 0.5) is 0 Å². The van der Waals surface area contributed by atoms with E-state index in [2.05, 4.69) is 5.32 Å². The summed E-state index contributed by atoms with van der Waals surface area (Å²) in [6.07, 6.45) is 0. The molecule has 0 spiro atoms. The number of benzene rings is 1. The second kappa shape index (κ2) is 4.76. The smallest absolute Gasteiger partial charge is 0.231 e. The lowest BCUT2D eigenvalue weighted by Gasteiger charge is -2.40. The number of ether oxygens (including phenoxy) is 3. The van der Waals surface area contributed by atoms with E-state index in [9.17, 15) is 0 Å². The Morgan fingerprint density at radius 3 is 2.78 bits per heavy atom. The molecule has 0 bridgehead atoms. The van der Waals surface area contributed by atoms with E-state index in [0.29, 0.717) is 13.3 Å². The first-order valence-electron chi connectivity index (χ1n) is 6.18. The Morgan fingerprint density at radius 1 is 1.22 bits per heavy atom. The van der Waals surface area contributed by atoms with Crippen molar-refractivity contribution in [2.24, 2.45) is 11.1 Å². The summed E-state index contributed by atoms with van der Waals surface area (Å²) in [6, 6.07) is 6.01. The highest BCUT2D eigenvalue weighted by Gasteiger charge is 2.36. The summed E-state index contributed by atoms with van der Waals surface area (Å²) in [5, 5.41) is 3.43. The van der Waals surface area contributed by atoms with Gasteiger partial charge >= 0.3 is 0 Å². The third-order valence-electron chi connectivity index (χ3n) is 3.52. The fourth-order valence-corrected chi connectivity index (χ4v) is 2.21. The summed E-state index contributed by atoms with van der Waals surface area (Å²) in [6.45, 7) is 4.20. The maximum atomic E-state index is 5.77. The molecular formula is C13H18N2O3. The number of fused-ring (bicyclic) bond motifs is 1. The van der Waals surface area contributed by atoms with Crippen molar-refractivity contribution >= 4 is 0 Å². The van der Waals surface area contributed by atoms with Gasteiger partial charge in [0.2, 0.25) is 6.79 Å². The number of nitrogens with one attached hydrogen (secondary N) is 1. The van der Waals surface area contributed by atoms with Crippen LogP contribution in [0.5, 0.6) is 11.5 Å². The first kappa shape index (κ1) is 11.8. The van der Waals surface area contributed by atoms with Crippen LogP contribution in [0.1, 0.15) is 5.56 Å². The third-order valence-corrected chi connectivity index (χ3v) is 3.52. The lowest BCUT2D eigenvalue weighted by Crippen LogP contribution is -2.54. The molecule has 0 aliphatic carbocycles. The molecule has 5 heteroatoms. The molecule has 3 N–H and O–H groups in total. The van der Waals surface area contributed by atoms with Gasteiger partial charge in [0.05, 0.1) is 13.2 Å². The Kier molecular flexibility index (Phi) is 3.11. The van der Waals surface area contributed by atoms with Gasteiger partial charge in [-0.05, 0) is 17.7 Å². The van der Waals surface area contributed by atoms with E-state index in [4.69, 9.17) is 19.9 Å². The Bertz CT molecular complexity index is 427. The molecule has 0 unspecified atom stereocenters. The summed E-state index contributed by atoms with van der Waals surface area (Å²) in [5.41, 5.74) is 7.09. The van der Waals surface area contributed by atoms with Crippen LogP contribution < -0.4 is 20.5 Å². The molecule has 5 nitrogen and oxygen atoms in total. The van der Waals surface area contributed by atoms with E-state index in [0.717, 1.165) is 37.8 Å². The topological polar surface area (TPSA) is 65.7 Å². The first-order valence-corrected chi connectivity index (χ1v) is 6.18. The summed E-state index contributed by atoms with van der Waals surface area (Å²) >= 11 is 0. The van der Waals surface area contributed by atoms with Crippen LogP contribution in [0.2, 0.25) is 0 Å². The molecule has 18 heavy (non-hydrogen) atoms. The van der Waals surface area contributed by atoms with Crippen molar-refractivity contribution in [3.63, 3.8) is 0 Å². The minimum atomic E-state index is 0.135. The SMILES string of the molecule is NCC1(CNCc2ccc3c(c2)OCO3)COC1. The van der Waals surface area contributed by atoms with Gasteiger partial charge in [-0.15, -0.1) is 0 Å². The minimum absolute atomic E-state index is 0.135. The van der Waals surface area contributed by atoms with Gasteiger partial charge in [0.25, 0.3) is 0 Å². The Balaban J connectivity index is 1.54. The predicted molar refractivity (Wildman–Crippen MR) is 66.6 cm³/mol. The molecule has 1 saturated heterocycles. The largest absolute Gasteiger partial charge is 0.454 e. The number of rotatable bonds is 5. The predicted octanol–water partition coefficient (Wildman–Crippen LogP) is 0.480. The Morgan fingerprint density at radius 2 is 2.06 bits per heavy atom. The maximum absolute atomic E-state index is 5.77. The van der Waals surface area contributed by atoms with Crippen molar-refractivity contribution in [3.8, 4) is 11.5 Å². The van der Waals surface area contributed by atoms with Crippen molar-refractivity contribution in [2.45, 2.75) is 6.54 Å². The van der Waals surface area contributed by atoms with Gasteiger partial charge in [0.1, 0.15) is 0 Å². The molecular weight excluding hydrogens is 232 g/mol. The van der Waals surface area contributed by atoms with Gasteiger partial charge in [-0.3, -0.25) is 0 Å². The van der Waals surface area contributed by atoms with Gasteiger partial charge < -0.3 is 25.3 Å². The molecule has 1 fully saturated rings. The zero-order valence-electron chi connectivity index (χ0n) is 10.3. The summed E-state index contributed by atoms with van der Waals surface area (Å²) in [7, 11) is 0. The number of hydrogen-bond donors (Lipinski definition) is 2. The first-order chi connectivity index (χ1) is 8.81. The zero-order chi connectivity index (χ0) is 12.4. The lowest BCUT2D eigenvalue weighted by atomic mass is 9.86. The molecule has 0 atom stereocenters. The van der Waals surface area contributed by atoms with E-state index < -0.39 is 0 Å². The van der Waals surface area contributed by atoms with Crippen molar-refractivity contribution in [2.75, 3.05) is 33.1 Å². The van der Waals surface area contributed by atoms with Crippen LogP contribution in [0.25, 0.3) is 0 Å². The fraction of sp³-hybridized carbons (Fsp3) is 0.538. The van der Waals surface area contributed by atoms with Crippen molar-refractivity contribution in [1.82, 2.24) is 5.32 Å². The van der Waals surface area contributed by atoms with E-state index >= 15 is 0 Å². The number of nitrogens with two attached hydrogens (primary N) is 1. The highest BCUT2D eigenvalue weighted by Crippen LogP contribution is 2.32. The Hall–Kier alpha value is -1.30. The summed E-state index contributed by atoms with van der Waals surface area (Å²) in [5.74, 6) is 1.65. The molecule has 2 heterocycles. The second-order valence-corrected chi connectivity index (χ2v) is 4.99. The molecule has 1 aromatic carbocycles. The molecule has 3 rings (SSSR count). The molecule has 2 aliphatic rings. The maximum Gasteiger partial charge on any atom is 0.231 e. The number of hydrogen-bond acceptors (Lipinski definition) is 5. The highest BCUT2D eigenvalue weighted by molar-refractivity contribution is 5.44. The van der Waals surface area contributed by atoms with E-state index in [1.807, 2.05) is 18.2 Å². The fourth-order valence-electron chi connectivity index (χ4n) is 2.21. The second-order valence-electron chi connectivity index (χ2n) is 4.99. The molecule has 98 valence electrons. The van der Waals surface area contributed by atoms with E-state index in [1.165, 1.54) is 5.56 Å². The van der Waals surface area contributed by atoms with Crippen LogP contribution in [0.15, 0.2) is 18.2 Å². The van der Waals surface area contributed by atoms with Gasteiger partial charge in [0.15, 0.2) is 11.5 Å². The van der Waals surface area contributed by atoms with Gasteiger partial charge in [-0.2, -0.15) is 0 Å². The van der Waals surface area contributed by atoms with Crippen LogP contribution in [0.3, 0.4) is 0 Å².